The van der Waals surface area contributed by atoms with Crippen LogP contribution in [0.4, 0.5) is 4.79 Å². The fraction of sp³-hybridized carbons (Fsp3) is 0.417. The molecule has 0 saturated carbocycles. The summed E-state index contributed by atoms with van der Waals surface area (Å²) in [4.78, 5) is 28.8. The number of alkyl carbamates (subject to hydrolysis) is 1. The summed E-state index contributed by atoms with van der Waals surface area (Å²) in [6, 6.07) is 14.8. The second kappa shape index (κ2) is 13.9. The smallest absolute Gasteiger partial charge is 0.407 e. The quantitative estimate of drug-likeness (QED) is 0.118. The van der Waals surface area contributed by atoms with E-state index in [2.05, 4.69) is 15.0 Å². The number of aliphatic imine (C=N–C) groups is 1. The van der Waals surface area contributed by atoms with Crippen LogP contribution in [0.2, 0.25) is 0 Å². The molecule has 5 rings (SSSR count). The van der Waals surface area contributed by atoms with Crippen LogP contribution in [0.1, 0.15) is 78.8 Å². The Balaban J connectivity index is 1.12. The van der Waals surface area contributed by atoms with E-state index in [1.165, 1.54) is 0 Å². The summed E-state index contributed by atoms with van der Waals surface area (Å²) < 4.78 is 41.0. The van der Waals surface area contributed by atoms with E-state index in [-0.39, 0.29) is 41.9 Å². The van der Waals surface area contributed by atoms with Crippen molar-refractivity contribution in [1.82, 2.24) is 10.0 Å². The molecule has 5 N–H and O–H groups in total. The van der Waals surface area contributed by atoms with Crippen molar-refractivity contribution < 1.29 is 32.6 Å². The minimum absolute atomic E-state index is 0.0755. The Kier molecular flexibility index (Phi) is 10.0. The minimum Gasteiger partial charge on any atom is -0.487 e. The van der Waals surface area contributed by atoms with Crippen molar-refractivity contribution in [3.63, 3.8) is 0 Å². The normalized spacial score (nSPS) is 15.8. The van der Waals surface area contributed by atoms with Crippen molar-refractivity contribution in [2.24, 2.45) is 10.7 Å². The number of unbranched alkanes of at least 4 members (excludes halogenated alkanes) is 1. The molecule has 3 aromatic rings. The van der Waals surface area contributed by atoms with Gasteiger partial charge in [-0.25, -0.2) is 22.7 Å². The monoisotopic (exact) mass is 676 g/mol. The Morgan fingerprint density at radius 3 is 2.27 bits per heavy atom. The summed E-state index contributed by atoms with van der Waals surface area (Å²) in [6.07, 6.45) is 1.61. The van der Waals surface area contributed by atoms with Crippen LogP contribution in [0, 0.1) is 20.8 Å². The van der Waals surface area contributed by atoms with Crippen LogP contribution in [-0.4, -0.2) is 56.3 Å². The SMILES string of the molecule is Cc1c(C)c(S(=O)(=O)NC(N)=NCCCC[C@H](NC(=O)OCC2c3ccccc3-c3ccccc32)C(=O)O)c(C)c2c1OC(C)(C)CC2. The lowest BCUT2D eigenvalue weighted by atomic mass is 9.88. The van der Waals surface area contributed by atoms with Gasteiger partial charge in [0.2, 0.25) is 5.96 Å². The summed E-state index contributed by atoms with van der Waals surface area (Å²) in [7, 11) is -4.03. The van der Waals surface area contributed by atoms with Gasteiger partial charge in [-0.2, -0.15) is 0 Å². The van der Waals surface area contributed by atoms with E-state index in [0.29, 0.717) is 30.4 Å². The molecule has 0 unspecified atom stereocenters. The first-order valence-corrected chi connectivity index (χ1v) is 17.7. The zero-order valence-electron chi connectivity index (χ0n) is 28.1. The Labute approximate surface area is 282 Å². The summed E-state index contributed by atoms with van der Waals surface area (Å²) >= 11 is 0. The van der Waals surface area contributed by atoms with E-state index in [4.69, 9.17) is 15.2 Å². The first kappa shape index (κ1) is 34.7. The highest BCUT2D eigenvalue weighted by Crippen LogP contribution is 2.45. The molecule has 0 saturated heterocycles. The van der Waals surface area contributed by atoms with Crippen molar-refractivity contribution in [2.45, 2.75) is 89.2 Å². The number of fused-ring (bicyclic) bond motifs is 4. The topological polar surface area (TPSA) is 169 Å². The number of hydrogen-bond donors (Lipinski definition) is 4. The zero-order chi connectivity index (χ0) is 34.8. The standard InChI is InChI=1S/C36H44N4O7S/c1-21-22(2)32(23(3)24-17-18-36(4,5)47-31(21)24)48(44,45)40-34(37)38-19-11-10-16-30(33(41)42)39-35(43)46-20-29-27-14-8-6-12-25(27)26-13-7-9-15-28(26)29/h6-9,12-15,29-30H,10-11,16-20H2,1-5H3,(H,39,43)(H,41,42)(H3,37,38,40)/t30-/m0/s1. The third-order valence-electron chi connectivity index (χ3n) is 9.29. The molecule has 48 heavy (non-hydrogen) atoms. The number of carbonyl (C=O) groups excluding carboxylic acids is 1. The summed E-state index contributed by atoms with van der Waals surface area (Å²) in [5.74, 6) is -0.834. The molecule has 1 aliphatic carbocycles. The van der Waals surface area contributed by atoms with Gasteiger partial charge in [-0.1, -0.05) is 48.5 Å². The molecule has 0 spiro atoms. The molecule has 3 aromatic carbocycles. The van der Waals surface area contributed by atoms with E-state index in [9.17, 15) is 23.1 Å². The van der Waals surface area contributed by atoms with Gasteiger partial charge in [-0.15, -0.1) is 0 Å². The maximum absolute atomic E-state index is 13.4. The highest BCUT2D eigenvalue weighted by atomic mass is 32.2. The van der Waals surface area contributed by atoms with E-state index >= 15 is 0 Å². The number of carboxylic acids is 1. The Bertz CT molecular complexity index is 1820. The average Bonchev–Trinajstić information content (AvgIpc) is 3.34. The van der Waals surface area contributed by atoms with Crippen molar-refractivity contribution in [1.29, 1.82) is 0 Å². The second-order valence-corrected chi connectivity index (χ2v) is 14.7. The van der Waals surface area contributed by atoms with Crippen molar-refractivity contribution in [3.05, 3.63) is 81.9 Å². The molecule has 0 fully saturated rings. The van der Waals surface area contributed by atoms with Gasteiger partial charge in [0.15, 0.2) is 0 Å². The maximum atomic E-state index is 13.4. The highest BCUT2D eigenvalue weighted by Gasteiger charge is 2.34. The molecule has 1 aliphatic heterocycles. The van der Waals surface area contributed by atoms with Gasteiger partial charge < -0.3 is 25.6 Å². The van der Waals surface area contributed by atoms with Gasteiger partial charge in [0.25, 0.3) is 10.0 Å². The number of carbonyl (C=O) groups is 2. The Morgan fingerprint density at radius 2 is 1.65 bits per heavy atom. The van der Waals surface area contributed by atoms with Gasteiger partial charge in [0.1, 0.15) is 24.0 Å². The molecular weight excluding hydrogens is 632 g/mol. The number of nitrogens with two attached hydrogens (primary N) is 1. The lowest BCUT2D eigenvalue weighted by molar-refractivity contribution is -0.139. The van der Waals surface area contributed by atoms with Crippen molar-refractivity contribution in [2.75, 3.05) is 13.2 Å². The second-order valence-electron chi connectivity index (χ2n) is 13.1. The molecule has 256 valence electrons. The molecule has 0 radical (unpaired) electrons. The molecule has 12 heteroatoms. The Morgan fingerprint density at radius 1 is 1.02 bits per heavy atom. The van der Waals surface area contributed by atoms with Crippen molar-refractivity contribution in [3.8, 4) is 16.9 Å². The number of ether oxygens (including phenoxy) is 2. The summed E-state index contributed by atoms with van der Waals surface area (Å²) in [5, 5.41) is 12.2. The number of nitrogens with one attached hydrogen (secondary N) is 2. The fourth-order valence-electron chi connectivity index (χ4n) is 6.67. The summed E-state index contributed by atoms with van der Waals surface area (Å²) in [5.41, 5.74) is 12.8. The van der Waals surface area contributed by atoms with E-state index in [0.717, 1.165) is 45.6 Å². The van der Waals surface area contributed by atoms with Gasteiger partial charge in [0, 0.05) is 12.5 Å². The minimum atomic E-state index is -4.03. The lowest BCUT2D eigenvalue weighted by Crippen LogP contribution is -2.41. The fourth-order valence-corrected chi connectivity index (χ4v) is 8.20. The summed E-state index contributed by atoms with van der Waals surface area (Å²) in [6.45, 7) is 9.67. The van der Waals surface area contributed by atoms with Crippen LogP contribution in [0.15, 0.2) is 58.4 Å². The molecule has 0 aromatic heterocycles. The number of amides is 1. The molecule has 1 atom stereocenters. The predicted molar refractivity (Wildman–Crippen MR) is 184 cm³/mol. The molecule has 1 amide bonds. The number of nitrogens with zero attached hydrogens (tertiary/aromatic N) is 1. The number of guanidine groups is 1. The number of hydrogen-bond acceptors (Lipinski definition) is 7. The van der Waals surface area contributed by atoms with Crippen LogP contribution in [0.25, 0.3) is 11.1 Å². The number of benzene rings is 3. The largest absolute Gasteiger partial charge is 0.487 e. The highest BCUT2D eigenvalue weighted by molar-refractivity contribution is 7.90. The number of carboxylic acid groups (broad SMARTS) is 1. The molecular formula is C36H44N4O7S. The van der Waals surface area contributed by atoms with Gasteiger partial charge in [-0.05, 0) is 111 Å². The zero-order valence-corrected chi connectivity index (χ0v) is 28.9. The first-order chi connectivity index (χ1) is 22.7. The van der Waals surface area contributed by atoms with Gasteiger partial charge in [0.05, 0.1) is 4.90 Å². The predicted octanol–water partition coefficient (Wildman–Crippen LogP) is 5.47. The van der Waals surface area contributed by atoms with Crippen LogP contribution < -0.4 is 20.5 Å². The number of sulfonamides is 1. The Hall–Kier alpha value is -4.58. The average molecular weight is 677 g/mol. The van der Waals surface area contributed by atoms with Crippen LogP contribution >= 0.6 is 0 Å². The van der Waals surface area contributed by atoms with E-state index in [1.807, 2.05) is 69.3 Å². The third kappa shape index (κ3) is 7.28. The van der Waals surface area contributed by atoms with Crippen LogP contribution in [0.3, 0.4) is 0 Å². The van der Waals surface area contributed by atoms with Gasteiger partial charge in [-0.3, -0.25) is 4.99 Å². The van der Waals surface area contributed by atoms with Crippen molar-refractivity contribution >= 4 is 28.0 Å². The van der Waals surface area contributed by atoms with E-state index in [1.54, 1.807) is 13.8 Å². The number of aliphatic carboxylic acids is 1. The molecule has 1 heterocycles. The lowest BCUT2D eigenvalue weighted by Gasteiger charge is -2.35. The third-order valence-corrected chi connectivity index (χ3v) is 10.9. The van der Waals surface area contributed by atoms with Crippen LogP contribution in [-0.2, 0) is 26.0 Å². The first-order valence-electron chi connectivity index (χ1n) is 16.2. The maximum Gasteiger partial charge on any atom is 0.407 e. The molecule has 11 nitrogen and oxygen atoms in total. The van der Waals surface area contributed by atoms with Crippen LogP contribution in [0.5, 0.6) is 5.75 Å². The van der Waals surface area contributed by atoms with Gasteiger partial charge >= 0.3 is 12.1 Å². The number of rotatable bonds is 11. The van der Waals surface area contributed by atoms with E-state index < -0.39 is 28.1 Å². The molecule has 0 bridgehead atoms. The molecule has 2 aliphatic rings.